The van der Waals surface area contributed by atoms with E-state index in [0.717, 1.165) is 4.90 Å². The fraction of sp³-hybridized carbons (Fsp3) is 0.471. The molecule has 1 atom stereocenters. The lowest BCUT2D eigenvalue weighted by atomic mass is 10.1. The van der Waals surface area contributed by atoms with Crippen molar-refractivity contribution in [1.29, 1.82) is 0 Å². The predicted molar refractivity (Wildman–Crippen MR) is 88.5 cm³/mol. The van der Waals surface area contributed by atoms with Gasteiger partial charge in [0.1, 0.15) is 16.7 Å². The lowest BCUT2D eigenvalue weighted by Crippen LogP contribution is -2.61. The summed E-state index contributed by atoms with van der Waals surface area (Å²) in [6.45, 7) is 5.38. The van der Waals surface area contributed by atoms with Gasteiger partial charge in [-0.25, -0.2) is 17.8 Å². The number of amides is 1. The summed E-state index contributed by atoms with van der Waals surface area (Å²) in [5.74, 6) is -1.28. The molecule has 2 aliphatic heterocycles. The molecule has 134 valence electrons. The fourth-order valence-electron chi connectivity index (χ4n) is 2.97. The van der Waals surface area contributed by atoms with Crippen molar-refractivity contribution in [2.45, 2.75) is 44.7 Å². The summed E-state index contributed by atoms with van der Waals surface area (Å²) in [7, 11) is -3.51. The Hall–Kier alpha value is -2.22. The van der Waals surface area contributed by atoms with Crippen LogP contribution in [0.1, 0.15) is 27.2 Å². The Balaban J connectivity index is 2.05. The molecular formula is C17H21N2O5S+. The molecule has 8 heteroatoms. The van der Waals surface area contributed by atoms with Crippen LogP contribution in [0.2, 0.25) is 0 Å². The molecule has 0 spiro atoms. The van der Waals surface area contributed by atoms with Crippen LogP contribution in [0.25, 0.3) is 0 Å². The van der Waals surface area contributed by atoms with Crippen LogP contribution in [-0.4, -0.2) is 41.9 Å². The molecule has 25 heavy (non-hydrogen) atoms. The van der Waals surface area contributed by atoms with Crippen molar-refractivity contribution >= 4 is 21.7 Å². The van der Waals surface area contributed by atoms with Crippen LogP contribution in [-0.2, 0) is 30.7 Å². The van der Waals surface area contributed by atoms with Crippen LogP contribution in [0.5, 0.6) is 0 Å². The molecule has 1 aromatic heterocycles. The molecule has 0 radical (unpaired) electrons. The molecule has 3 heterocycles. The summed E-state index contributed by atoms with van der Waals surface area (Å²) in [5.41, 5.74) is -0.299. The molecule has 1 fully saturated rings. The minimum atomic E-state index is -3.51. The monoisotopic (exact) mass is 365 g/mol. The van der Waals surface area contributed by atoms with E-state index in [1.165, 1.54) is 0 Å². The first-order chi connectivity index (χ1) is 11.6. The first-order valence-electron chi connectivity index (χ1n) is 8.01. The Morgan fingerprint density at radius 3 is 2.48 bits per heavy atom. The molecule has 1 amide bonds. The minimum Gasteiger partial charge on any atom is -0.455 e. The van der Waals surface area contributed by atoms with E-state index in [0.29, 0.717) is 5.57 Å². The van der Waals surface area contributed by atoms with Gasteiger partial charge in [0.25, 0.3) is 0 Å². The van der Waals surface area contributed by atoms with Crippen molar-refractivity contribution in [3.63, 3.8) is 0 Å². The van der Waals surface area contributed by atoms with Gasteiger partial charge in [-0.05, 0) is 20.8 Å². The molecule has 0 bridgehead atoms. The molecule has 1 aromatic rings. The molecule has 0 saturated carbocycles. The van der Waals surface area contributed by atoms with Gasteiger partial charge in [0, 0.05) is 17.7 Å². The van der Waals surface area contributed by atoms with Crippen molar-refractivity contribution in [1.82, 2.24) is 4.90 Å². The summed E-state index contributed by atoms with van der Waals surface area (Å²) in [4.78, 5) is 25.8. The predicted octanol–water partition coefficient (Wildman–Crippen LogP) is 0.557. The van der Waals surface area contributed by atoms with Crippen molar-refractivity contribution in [3.8, 4) is 0 Å². The second-order valence-corrected chi connectivity index (χ2v) is 9.39. The SMILES string of the molecule is CC(C)(C)OC(=O)C1=C(C[n+]2ccccc2)CS(=O)(=O)[C@@H]2CC(=O)N12. The van der Waals surface area contributed by atoms with Crippen LogP contribution < -0.4 is 4.57 Å². The molecular weight excluding hydrogens is 344 g/mol. The van der Waals surface area contributed by atoms with E-state index in [1.54, 1.807) is 37.7 Å². The lowest BCUT2D eigenvalue weighted by molar-refractivity contribution is -0.689. The zero-order valence-corrected chi connectivity index (χ0v) is 15.2. The minimum absolute atomic E-state index is 0.0716. The quantitative estimate of drug-likeness (QED) is 0.444. The standard InChI is InChI=1S/C17H21N2O5S/c1-17(2,3)24-16(21)15-12(10-18-7-5-4-6-8-18)11-25(22,23)14-9-13(20)19(14)15/h4-8,14H,9-11H2,1-3H3/q+1/t14-/m1/s1. The van der Waals surface area contributed by atoms with Crippen LogP contribution >= 0.6 is 0 Å². The van der Waals surface area contributed by atoms with E-state index in [2.05, 4.69) is 0 Å². The Morgan fingerprint density at radius 1 is 1.28 bits per heavy atom. The molecule has 7 nitrogen and oxygen atoms in total. The molecule has 0 aliphatic carbocycles. The number of carbonyl (C=O) groups is 2. The maximum atomic E-state index is 12.7. The number of esters is 1. The molecule has 0 aromatic carbocycles. The van der Waals surface area contributed by atoms with Gasteiger partial charge in [-0.3, -0.25) is 9.69 Å². The van der Waals surface area contributed by atoms with Crippen LogP contribution in [0.3, 0.4) is 0 Å². The summed E-state index contributed by atoms with van der Waals surface area (Å²) in [6, 6.07) is 5.46. The van der Waals surface area contributed by atoms with Gasteiger partial charge in [-0.2, -0.15) is 0 Å². The van der Waals surface area contributed by atoms with Crippen LogP contribution in [0.4, 0.5) is 0 Å². The summed E-state index contributed by atoms with van der Waals surface area (Å²) < 4.78 is 32.1. The number of nitrogens with zero attached hydrogens (tertiary/aromatic N) is 2. The van der Waals surface area contributed by atoms with E-state index < -0.39 is 26.8 Å². The number of hydrogen-bond donors (Lipinski definition) is 0. The van der Waals surface area contributed by atoms with Gasteiger partial charge < -0.3 is 4.74 Å². The average Bonchev–Trinajstić information content (AvgIpc) is 2.47. The van der Waals surface area contributed by atoms with Crippen molar-refractivity contribution in [2.75, 3.05) is 5.75 Å². The van der Waals surface area contributed by atoms with Gasteiger partial charge in [0.15, 0.2) is 28.8 Å². The van der Waals surface area contributed by atoms with Crippen LogP contribution in [0.15, 0.2) is 41.9 Å². The van der Waals surface area contributed by atoms with Crippen molar-refractivity contribution in [2.24, 2.45) is 0 Å². The molecule has 0 N–H and O–H groups in total. The topological polar surface area (TPSA) is 84.6 Å². The number of rotatable bonds is 3. The Morgan fingerprint density at radius 2 is 1.92 bits per heavy atom. The number of β-lactam (4-membered cyclic amide) rings is 1. The number of fused-ring (bicyclic) bond motifs is 1. The number of sulfone groups is 1. The lowest BCUT2D eigenvalue weighted by Gasteiger charge is -2.44. The smallest absolute Gasteiger partial charge is 0.355 e. The van der Waals surface area contributed by atoms with E-state index in [4.69, 9.17) is 4.74 Å². The van der Waals surface area contributed by atoms with Gasteiger partial charge in [-0.1, -0.05) is 6.07 Å². The van der Waals surface area contributed by atoms with Gasteiger partial charge in [0.2, 0.25) is 5.91 Å². The third kappa shape index (κ3) is 3.44. The van der Waals surface area contributed by atoms with Gasteiger partial charge >= 0.3 is 5.97 Å². The fourth-order valence-corrected chi connectivity index (χ4v) is 4.82. The highest BCUT2D eigenvalue weighted by molar-refractivity contribution is 7.92. The second kappa shape index (κ2) is 5.94. The number of ether oxygens (including phenoxy) is 1. The Bertz CT molecular complexity index is 853. The second-order valence-electron chi connectivity index (χ2n) is 7.23. The van der Waals surface area contributed by atoms with E-state index >= 15 is 0 Å². The summed E-state index contributed by atoms with van der Waals surface area (Å²) >= 11 is 0. The average molecular weight is 365 g/mol. The molecule has 0 unspecified atom stereocenters. The van der Waals surface area contributed by atoms with E-state index in [-0.39, 0.29) is 30.3 Å². The summed E-state index contributed by atoms with van der Waals surface area (Å²) in [6.07, 6.45) is 3.47. The van der Waals surface area contributed by atoms with Gasteiger partial charge in [0.05, 0.1) is 12.2 Å². The van der Waals surface area contributed by atoms with Crippen LogP contribution in [0, 0.1) is 0 Å². The Kier molecular flexibility index (Phi) is 4.18. The normalized spacial score (nSPS) is 22.3. The number of aromatic nitrogens is 1. The Labute approximate surface area is 146 Å². The molecule has 3 rings (SSSR count). The van der Waals surface area contributed by atoms with Crippen molar-refractivity contribution < 1.29 is 27.3 Å². The third-order valence-electron chi connectivity index (χ3n) is 4.01. The number of carbonyl (C=O) groups excluding carboxylic acids is 2. The largest absolute Gasteiger partial charge is 0.455 e. The zero-order valence-electron chi connectivity index (χ0n) is 14.4. The van der Waals surface area contributed by atoms with E-state index in [9.17, 15) is 18.0 Å². The highest BCUT2D eigenvalue weighted by Crippen LogP contribution is 2.37. The highest BCUT2D eigenvalue weighted by atomic mass is 32.2. The molecule has 2 aliphatic rings. The number of hydrogen-bond acceptors (Lipinski definition) is 5. The first-order valence-corrected chi connectivity index (χ1v) is 9.73. The maximum absolute atomic E-state index is 12.7. The first kappa shape index (κ1) is 17.6. The molecule has 1 saturated heterocycles. The van der Waals surface area contributed by atoms with Gasteiger partial charge in [-0.15, -0.1) is 0 Å². The highest BCUT2D eigenvalue weighted by Gasteiger charge is 2.53. The van der Waals surface area contributed by atoms with Crippen molar-refractivity contribution in [3.05, 3.63) is 41.9 Å². The third-order valence-corrected chi connectivity index (χ3v) is 5.97. The van der Waals surface area contributed by atoms with E-state index in [1.807, 2.05) is 18.2 Å². The summed E-state index contributed by atoms with van der Waals surface area (Å²) in [5, 5.41) is -0.952. The maximum Gasteiger partial charge on any atom is 0.355 e. The zero-order chi connectivity index (χ0) is 18.4. The number of pyridine rings is 1.